The van der Waals surface area contributed by atoms with Gasteiger partial charge in [-0.25, -0.2) is 4.79 Å². The van der Waals surface area contributed by atoms with Crippen molar-refractivity contribution in [1.29, 1.82) is 5.26 Å². The number of hydrogen-bond acceptors (Lipinski definition) is 4. The van der Waals surface area contributed by atoms with Crippen LogP contribution in [-0.2, 0) is 6.42 Å². The molecule has 1 aromatic heterocycles. The fourth-order valence-corrected chi connectivity index (χ4v) is 4.17. The van der Waals surface area contributed by atoms with Gasteiger partial charge in [-0.2, -0.15) is 15.4 Å². The van der Waals surface area contributed by atoms with Gasteiger partial charge in [0.2, 0.25) is 0 Å². The Kier molecular flexibility index (Phi) is 5.04. The number of carbonyl (C=O) groups is 1. The second-order valence-corrected chi connectivity index (χ2v) is 8.60. The van der Waals surface area contributed by atoms with E-state index in [0.29, 0.717) is 5.75 Å². The number of nitrogens with zero attached hydrogens (tertiary/aromatic N) is 3. The number of rotatable bonds is 5. The minimum Gasteiger partial charge on any atom is -0.454 e. The summed E-state index contributed by atoms with van der Waals surface area (Å²) in [4.78, 5) is 15.6. The lowest BCUT2D eigenvalue weighted by Crippen LogP contribution is -2.42. The minimum atomic E-state index is -0.573. The van der Waals surface area contributed by atoms with Gasteiger partial charge in [0.15, 0.2) is 11.5 Å². The number of nitriles is 1. The summed E-state index contributed by atoms with van der Waals surface area (Å²) in [6, 6.07) is 10.1. The molecule has 0 radical (unpaired) electrons. The van der Waals surface area contributed by atoms with Crippen LogP contribution < -0.4 is 15.1 Å². The third-order valence-electron chi connectivity index (χ3n) is 5.43. The van der Waals surface area contributed by atoms with Gasteiger partial charge in [-0.15, -0.1) is 0 Å². The summed E-state index contributed by atoms with van der Waals surface area (Å²) in [7, 11) is 0. The minimum absolute atomic E-state index is 0.0148. The van der Waals surface area contributed by atoms with Crippen molar-refractivity contribution < 1.29 is 9.53 Å². The summed E-state index contributed by atoms with van der Waals surface area (Å²) in [6.07, 6.45) is 5.66. The molecule has 5 rings (SSSR count). The lowest BCUT2D eigenvalue weighted by Gasteiger charge is -2.24. The highest BCUT2D eigenvalue weighted by Gasteiger charge is 2.26. The summed E-state index contributed by atoms with van der Waals surface area (Å²) in [5.41, 5.74) is 2.72. The molecule has 2 heterocycles. The molecule has 3 aromatic rings. The Hall–Kier alpha value is -3.47. The molecule has 160 valence electrons. The van der Waals surface area contributed by atoms with Gasteiger partial charge >= 0.3 is 6.03 Å². The molecule has 2 aliphatic rings. The van der Waals surface area contributed by atoms with Crippen LogP contribution in [0.2, 0.25) is 10.0 Å². The molecule has 1 aliphatic heterocycles. The number of halogens is 2. The molecule has 1 aliphatic carbocycles. The third-order valence-corrected chi connectivity index (χ3v) is 6.00. The van der Waals surface area contributed by atoms with Gasteiger partial charge < -0.3 is 15.0 Å². The fourth-order valence-electron chi connectivity index (χ4n) is 3.62. The number of H-pyrrole nitrogens is 1. The quantitative estimate of drug-likeness (QED) is 0.473. The molecule has 2 aromatic carbocycles. The third kappa shape index (κ3) is 3.79. The number of anilines is 1. The standard InChI is InChI=1S/C23H17Cl2N5O2/c1-12-21(10-26)29-30(23(31)28-12)15-7-18(24)22(19(25)8-15)32-16-4-5-20-17(9-16)14(11-27-20)6-13-2-3-13/h4-5,7-9,11,13,27H,1-3,6H2,(H,28,31). The van der Waals surface area contributed by atoms with Crippen molar-refractivity contribution in [3.05, 3.63) is 64.4 Å². The number of allylic oxidation sites excluding steroid dienone is 1. The number of hydrogen-bond donors (Lipinski definition) is 2. The highest BCUT2D eigenvalue weighted by molar-refractivity contribution is 6.37. The van der Waals surface area contributed by atoms with E-state index in [-0.39, 0.29) is 32.9 Å². The van der Waals surface area contributed by atoms with Gasteiger partial charge in [-0.1, -0.05) is 29.8 Å². The van der Waals surface area contributed by atoms with E-state index in [9.17, 15) is 4.79 Å². The smallest absolute Gasteiger partial charge is 0.347 e. The molecular formula is C23H17Cl2N5O2. The Morgan fingerprint density at radius 1 is 1.25 bits per heavy atom. The van der Waals surface area contributed by atoms with E-state index in [2.05, 4.69) is 28.2 Å². The number of aromatic nitrogens is 1. The van der Waals surface area contributed by atoms with Crippen molar-refractivity contribution in [2.24, 2.45) is 11.0 Å². The van der Waals surface area contributed by atoms with Crippen molar-refractivity contribution in [2.45, 2.75) is 19.3 Å². The second kappa shape index (κ2) is 7.90. The first-order valence-electron chi connectivity index (χ1n) is 9.99. The molecule has 7 nitrogen and oxygen atoms in total. The number of carbonyl (C=O) groups excluding carboxylic acids is 1. The first kappa shape index (κ1) is 20.4. The van der Waals surface area contributed by atoms with Crippen molar-refractivity contribution in [3.63, 3.8) is 0 Å². The molecular weight excluding hydrogens is 449 g/mol. The zero-order valence-electron chi connectivity index (χ0n) is 16.8. The summed E-state index contributed by atoms with van der Waals surface area (Å²) >= 11 is 12.9. The van der Waals surface area contributed by atoms with Gasteiger partial charge in [-0.05, 0) is 61.1 Å². The van der Waals surface area contributed by atoms with E-state index in [1.165, 1.54) is 30.5 Å². The number of aromatic amines is 1. The van der Waals surface area contributed by atoms with Crippen LogP contribution in [-0.4, -0.2) is 16.7 Å². The molecule has 9 heteroatoms. The zero-order chi connectivity index (χ0) is 22.4. The van der Waals surface area contributed by atoms with E-state index >= 15 is 0 Å². The lowest BCUT2D eigenvalue weighted by atomic mass is 10.1. The summed E-state index contributed by atoms with van der Waals surface area (Å²) in [6.45, 7) is 3.60. The van der Waals surface area contributed by atoms with E-state index in [1.54, 1.807) is 0 Å². The maximum Gasteiger partial charge on any atom is 0.347 e. The molecule has 2 N–H and O–H groups in total. The molecule has 0 atom stereocenters. The average Bonchev–Trinajstić information content (AvgIpc) is 3.50. The van der Waals surface area contributed by atoms with Crippen molar-refractivity contribution in [1.82, 2.24) is 10.3 Å². The predicted octanol–water partition coefficient (Wildman–Crippen LogP) is 6.14. The Morgan fingerprint density at radius 3 is 2.69 bits per heavy atom. The van der Waals surface area contributed by atoms with Gasteiger partial charge in [0.25, 0.3) is 0 Å². The molecule has 32 heavy (non-hydrogen) atoms. The molecule has 2 amide bonds. The van der Waals surface area contributed by atoms with E-state index < -0.39 is 6.03 Å². The van der Waals surface area contributed by atoms with Crippen LogP contribution in [0.4, 0.5) is 10.5 Å². The predicted molar refractivity (Wildman–Crippen MR) is 124 cm³/mol. The summed E-state index contributed by atoms with van der Waals surface area (Å²) < 4.78 is 6.02. The van der Waals surface area contributed by atoms with Crippen LogP contribution >= 0.6 is 23.2 Å². The molecule has 0 unspecified atom stereocenters. The maximum atomic E-state index is 12.3. The topological polar surface area (TPSA) is 93.5 Å². The summed E-state index contributed by atoms with van der Waals surface area (Å²) in [5.74, 6) is 1.63. The highest BCUT2D eigenvalue weighted by atomic mass is 35.5. The van der Waals surface area contributed by atoms with Crippen molar-refractivity contribution in [3.8, 4) is 17.6 Å². The maximum absolute atomic E-state index is 12.3. The average molecular weight is 466 g/mol. The van der Waals surface area contributed by atoms with Crippen molar-refractivity contribution in [2.75, 3.05) is 5.01 Å². The Bertz CT molecular complexity index is 1330. The second-order valence-electron chi connectivity index (χ2n) is 7.79. The van der Waals surface area contributed by atoms with E-state index in [4.69, 9.17) is 33.2 Å². The lowest BCUT2D eigenvalue weighted by molar-refractivity contribution is 0.248. The number of benzene rings is 2. The SMILES string of the molecule is C=C1NC(=O)N(c2cc(Cl)c(Oc3ccc4[nH]cc(CC5CC5)c4c3)c(Cl)c2)N=C1C#N. The van der Waals surface area contributed by atoms with Crippen molar-refractivity contribution >= 4 is 51.5 Å². The molecule has 1 fully saturated rings. The van der Waals surface area contributed by atoms with Gasteiger partial charge in [0.1, 0.15) is 11.8 Å². The number of urea groups is 1. The number of hydrazone groups is 1. The molecule has 0 bridgehead atoms. The fraction of sp³-hybridized carbons (Fsp3) is 0.174. The van der Waals surface area contributed by atoms with Gasteiger partial charge in [0.05, 0.1) is 21.4 Å². The van der Waals surface area contributed by atoms with Crippen LogP contribution in [0.25, 0.3) is 10.9 Å². The first-order valence-corrected chi connectivity index (χ1v) is 10.7. The van der Waals surface area contributed by atoms with E-state index in [0.717, 1.165) is 28.3 Å². The first-order chi connectivity index (χ1) is 15.4. The van der Waals surface area contributed by atoms with Gasteiger partial charge in [-0.3, -0.25) is 0 Å². The molecule has 0 saturated heterocycles. The Labute approximate surface area is 193 Å². The summed E-state index contributed by atoms with van der Waals surface area (Å²) in [5, 5.41) is 18.2. The Balaban J connectivity index is 1.45. The highest BCUT2D eigenvalue weighted by Crippen LogP contribution is 2.41. The molecule has 0 spiro atoms. The normalized spacial score (nSPS) is 16.0. The number of nitrogens with one attached hydrogen (secondary N) is 2. The largest absolute Gasteiger partial charge is 0.454 e. The molecule has 1 saturated carbocycles. The van der Waals surface area contributed by atoms with E-state index in [1.807, 2.05) is 24.3 Å². The van der Waals surface area contributed by atoms with Gasteiger partial charge in [0, 0.05) is 17.1 Å². The van der Waals surface area contributed by atoms with Crippen LogP contribution in [0.1, 0.15) is 18.4 Å². The number of ether oxygens (including phenoxy) is 1. The Morgan fingerprint density at radius 2 is 2.00 bits per heavy atom. The number of fused-ring (bicyclic) bond motifs is 1. The number of amides is 2. The van der Waals surface area contributed by atoms with Crippen LogP contribution in [0.3, 0.4) is 0 Å². The van der Waals surface area contributed by atoms with Crippen LogP contribution in [0.5, 0.6) is 11.5 Å². The van der Waals surface area contributed by atoms with Crippen LogP contribution in [0, 0.1) is 17.2 Å². The van der Waals surface area contributed by atoms with Crippen LogP contribution in [0.15, 0.2) is 53.9 Å². The zero-order valence-corrected chi connectivity index (χ0v) is 18.3. The monoisotopic (exact) mass is 465 g/mol.